The molecular formula is C18H16N4. The number of nitrogens with one attached hydrogen (secondary N) is 1. The zero-order valence-electron chi connectivity index (χ0n) is 12.3. The van der Waals surface area contributed by atoms with Gasteiger partial charge in [0.15, 0.2) is 5.82 Å². The largest absolute Gasteiger partial charge is 0.259 e. The highest BCUT2D eigenvalue weighted by atomic mass is 15.3. The highest BCUT2D eigenvalue weighted by Crippen LogP contribution is 2.20. The summed E-state index contributed by atoms with van der Waals surface area (Å²) in [5.41, 5.74) is 5.72. The van der Waals surface area contributed by atoms with E-state index in [1.807, 2.05) is 61.5 Å². The van der Waals surface area contributed by atoms with Gasteiger partial charge in [0.2, 0.25) is 0 Å². The van der Waals surface area contributed by atoms with Gasteiger partial charge in [0.1, 0.15) is 0 Å². The molecule has 1 heterocycles. The number of fused-ring (bicyclic) bond motifs is 1. The molecule has 108 valence electrons. The Hall–Kier alpha value is -3.01. The Morgan fingerprint density at radius 1 is 1.05 bits per heavy atom. The van der Waals surface area contributed by atoms with Crippen molar-refractivity contribution in [3.8, 4) is 0 Å². The molecule has 0 saturated heterocycles. The molecule has 0 radical (unpaired) electrons. The normalized spacial score (nSPS) is 11.4. The summed E-state index contributed by atoms with van der Waals surface area (Å²) in [5.74, 6) is 0.637. The second-order valence-corrected chi connectivity index (χ2v) is 4.93. The zero-order chi connectivity index (χ0) is 15.4. The molecule has 1 N–H and O–H groups in total. The fourth-order valence-corrected chi connectivity index (χ4v) is 2.16. The van der Waals surface area contributed by atoms with Gasteiger partial charge in [0, 0.05) is 10.8 Å². The summed E-state index contributed by atoms with van der Waals surface area (Å²) in [7, 11) is 0. The van der Waals surface area contributed by atoms with E-state index in [2.05, 4.69) is 27.3 Å². The molecule has 0 aliphatic carbocycles. The molecule has 4 heteroatoms. The van der Waals surface area contributed by atoms with E-state index in [-0.39, 0.29) is 0 Å². The lowest BCUT2D eigenvalue weighted by atomic mass is 10.0. The van der Waals surface area contributed by atoms with Gasteiger partial charge in [-0.25, -0.2) is 0 Å². The second-order valence-electron chi connectivity index (χ2n) is 4.93. The number of benzene rings is 2. The first-order valence-electron chi connectivity index (χ1n) is 7.01. The first kappa shape index (κ1) is 13.9. The molecule has 1 aromatic heterocycles. The number of hydrogen-bond acceptors (Lipinski definition) is 4. The summed E-state index contributed by atoms with van der Waals surface area (Å²) >= 11 is 0. The predicted octanol–water partition coefficient (Wildman–Crippen LogP) is 4.13. The second kappa shape index (κ2) is 6.18. The predicted molar refractivity (Wildman–Crippen MR) is 91.7 cm³/mol. The Balaban J connectivity index is 1.85. The van der Waals surface area contributed by atoms with E-state index in [9.17, 15) is 0 Å². The van der Waals surface area contributed by atoms with Crippen LogP contribution in [0.4, 0.5) is 5.82 Å². The van der Waals surface area contributed by atoms with Crippen LogP contribution in [-0.2, 0) is 0 Å². The number of allylic oxidation sites excluding steroid dienone is 1. The van der Waals surface area contributed by atoms with Crippen molar-refractivity contribution in [2.75, 3.05) is 5.43 Å². The fraction of sp³-hybridized carbons (Fsp3) is 0.0556. The van der Waals surface area contributed by atoms with E-state index in [1.165, 1.54) is 0 Å². The van der Waals surface area contributed by atoms with Crippen LogP contribution in [0.25, 0.3) is 16.3 Å². The third kappa shape index (κ3) is 2.86. The first-order valence-corrected chi connectivity index (χ1v) is 7.01. The third-order valence-corrected chi connectivity index (χ3v) is 3.46. The van der Waals surface area contributed by atoms with Gasteiger partial charge in [-0.1, -0.05) is 61.2 Å². The van der Waals surface area contributed by atoms with E-state index >= 15 is 0 Å². The van der Waals surface area contributed by atoms with Gasteiger partial charge in [-0.2, -0.15) is 10.2 Å². The minimum absolute atomic E-state index is 0.637. The van der Waals surface area contributed by atoms with Crippen molar-refractivity contribution >= 4 is 27.9 Å². The van der Waals surface area contributed by atoms with Crippen LogP contribution >= 0.6 is 0 Å². The molecule has 22 heavy (non-hydrogen) atoms. The fourth-order valence-electron chi connectivity index (χ4n) is 2.16. The van der Waals surface area contributed by atoms with Crippen molar-refractivity contribution in [2.24, 2.45) is 5.10 Å². The molecule has 2 aromatic carbocycles. The SMILES string of the molecule is C=C(C(C)=NNc1nncc2ccccc12)c1ccccc1. The molecule has 4 nitrogen and oxygen atoms in total. The van der Waals surface area contributed by atoms with Gasteiger partial charge < -0.3 is 0 Å². The minimum Gasteiger partial charge on any atom is -0.259 e. The molecule has 0 aliphatic heterocycles. The average Bonchev–Trinajstić information content (AvgIpc) is 2.59. The maximum Gasteiger partial charge on any atom is 0.176 e. The van der Waals surface area contributed by atoms with Crippen molar-refractivity contribution in [3.05, 3.63) is 72.9 Å². The van der Waals surface area contributed by atoms with Crippen LogP contribution < -0.4 is 5.43 Å². The van der Waals surface area contributed by atoms with Gasteiger partial charge in [0.05, 0.1) is 11.9 Å². The number of rotatable bonds is 4. The van der Waals surface area contributed by atoms with Crippen LogP contribution in [0.3, 0.4) is 0 Å². The number of hydrazone groups is 1. The van der Waals surface area contributed by atoms with Crippen LogP contribution in [-0.4, -0.2) is 15.9 Å². The van der Waals surface area contributed by atoms with Gasteiger partial charge in [-0.3, -0.25) is 5.43 Å². The maximum absolute atomic E-state index is 4.39. The molecule has 0 atom stereocenters. The van der Waals surface area contributed by atoms with Crippen molar-refractivity contribution in [3.63, 3.8) is 0 Å². The van der Waals surface area contributed by atoms with Crippen molar-refractivity contribution in [1.29, 1.82) is 0 Å². The summed E-state index contributed by atoms with van der Waals surface area (Å²) < 4.78 is 0. The first-order chi connectivity index (χ1) is 10.8. The molecule has 0 aliphatic rings. The molecule has 3 rings (SSSR count). The van der Waals surface area contributed by atoms with Gasteiger partial charge in [-0.15, -0.1) is 5.10 Å². The standard InChI is InChI=1S/C18H16N4/c1-13(15-8-4-3-5-9-15)14(2)20-22-18-17-11-7-6-10-16(17)12-19-21-18/h3-12H,1H2,2H3,(H,21,22). The quantitative estimate of drug-likeness (QED) is 0.580. The molecule has 0 unspecified atom stereocenters. The lowest BCUT2D eigenvalue weighted by Gasteiger charge is -2.07. The Morgan fingerprint density at radius 2 is 1.77 bits per heavy atom. The monoisotopic (exact) mass is 288 g/mol. The molecular weight excluding hydrogens is 272 g/mol. The number of hydrogen-bond donors (Lipinski definition) is 1. The molecule has 0 fully saturated rings. The van der Waals surface area contributed by atoms with Crippen LogP contribution in [0.1, 0.15) is 12.5 Å². The van der Waals surface area contributed by atoms with E-state index in [4.69, 9.17) is 0 Å². The van der Waals surface area contributed by atoms with Crippen LogP contribution in [0.5, 0.6) is 0 Å². The molecule has 3 aromatic rings. The molecule has 0 bridgehead atoms. The van der Waals surface area contributed by atoms with Gasteiger partial charge >= 0.3 is 0 Å². The summed E-state index contributed by atoms with van der Waals surface area (Å²) in [6, 6.07) is 17.9. The van der Waals surface area contributed by atoms with E-state index < -0.39 is 0 Å². The minimum atomic E-state index is 0.637. The van der Waals surface area contributed by atoms with Crippen LogP contribution in [0.2, 0.25) is 0 Å². The third-order valence-electron chi connectivity index (χ3n) is 3.46. The maximum atomic E-state index is 4.39. The number of anilines is 1. The Morgan fingerprint density at radius 3 is 2.59 bits per heavy atom. The molecule has 0 amide bonds. The van der Waals surface area contributed by atoms with Crippen LogP contribution in [0, 0.1) is 0 Å². The lowest BCUT2D eigenvalue weighted by molar-refractivity contribution is 1.04. The Labute approximate surface area is 129 Å². The highest BCUT2D eigenvalue weighted by molar-refractivity contribution is 6.22. The summed E-state index contributed by atoms with van der Waals surface area (Å²) in [4.78, 5) is 0. The van der Waals surface area contributed by atoms with E-state index in [1.54, 1.807) is 6.20 Å². The summed E-state index contributed by atoms with van der Waals surface area (Å²) in [5, 5.41) is 14.5. The number of nitrogens with zero attached hydrogens (tertiary/aromatic N) is 3. The Kier molecular flexibility index (Phi) is 3.92. The zero-order valence-corrected chi connectivity index (χ0v) is 12.3. The summed E-state index contributed by atoms with van der Waals surface area (Å²) in [6.45, 7) is 6.01. The molecule has 0 spiro atoms. The van der Waals surface area contributed by atoms with Gasteiger partial charge in [0.25, 0.3) is 0 Å². The van der Waals surface area contributed by atoms with E-state index in [0.29, 0.717) is 5.82 Å². The van der Waals surface area contributed by atoms with Crippen molar-refractivity contribution in [1.82, 2.24) is 10.2 Å². The van der Waals surface area contributed by atoms with Crippen molar-refractivity contribution in [2.45, 2.75) is 6.92 Å². The van der Waals surface area contributed by atoms with Crippen molar-refractivity contribution < 1.29 is 0 Å². The average molecular weight is 288 g/mol. The lowest BCUT2D eigenvalue weighted by Crippen LogP contribution is -2.02. The van der Waals surface area contributed by atoms with Gasteiger partial charge in [-0.05, 0) is 18.1 Å². The topological polar surface area (TPSA) is 50.2 Å². The Bertz CT molecular complexity index is 833. The highest BCUT2D eigenvalue weighted by Gasteiger charge is 2.04. The van der Waals surface area contributed by atoms with E-state index in [0.717, 1.165) is 27.6 Å². The smallest absolute Gasteiger partial charge is 0.176 e. The van der Waals surface area contributed by atoms with Crippen LogP contribution in [0.15, 0.2) is 72.5 Å². The number of aromatic nitrogens is 2. The molecule has 0 saturated carbocycles. The summed E-state index contributed by atoms with van der Waals surface area (Å²) in [6.07, 6.45) is 1.74.